The van der Waals surface area contributed by atoms with Crippen LogP contribution in [0.5, 0.6) is 5.75 Å². The number of aromatic hydroxyl groups is 1. The number of hydrogen-bond acceptors (Lipinski definition) is 6. The van der Waals surface area contributed by atoms with Crippen LogP contribution in [0.1, 0.15) is 42.9 Å². The Balaban J connectivity index is 0.00000178. The fraction of sp³-hybridized carbons (Fsp3) is 0.526. The number of carbonyl (C=O) groups excluding carboxylic acids is 1. The molecule has 1 atom stereocenters. The molecule has 0 bridgehead atoms. The number of thioether (sulfide) groups is 1. The van der Waals surface area contributed by atoms with Crippen molar-refractivity contribution >= 4 is 63.6 Å². The van der Waals surface area contributed by atoms with Gasteiger partial charge in [-0.25, -0.2) is 0 Å². The summed E-state index contributed by atoms with van der Waals surface area (Å²) in [5, 5.41) is 10.5. The molecule has 1 unspecified atom stereocenters. The lowest BCUT2D eigenvalue weighted by molar-refractivity contribution is 0.257. The molecule has 0 spiro atoms. The highest BCUT2D eigenvalue weighted by Crippen LogP contribution is 2.35. The molecule has 0 aromatic heterocycles. The number of rotatable bonds is 6. The fourth-order valence-corrected chi connectivity index (χ4v) is 3.11. The predicted molar refractivity (Wildman–Crippen MR) is 134 cm³/mol. The number of primary amides is 1. The van der Waals surface area contributed by atoms with Crippen LogP contribution < -0.4 is 5.73 Å². The van der Waals surface area contributed by atoms with E-state index in [4.69, 9.17) is 34.0 Å². The summed E-state index contributed by atoms with van der Waals surface area (Å²) in [5.41, 5.74) is 7.17. The van der Waals surface area contributed by atoms with Crippen LogP contribution in [0.3, 0.4) is 0 Å². The second kappa shape index (κ2) is 13.9. The quantitative estimate of drug-likeness (QED) is 0.412. The molecule has 6 nitrogen and oxygen atoms in total. The maximum absolute atomic E-state index is 10.7. The average molecular weight is 478 g/mol. The predicted octanol–water partition coefficient (Wildman–Crippen LogP) is 4.34. The van der Waals surface area contributed by atoms with Crippen molar-refractivity contribution in [3.05, 3.63) is 28.8 Å². The number of amides is 1. The summed E-state index contributed by atoms with van der Waals surface area (Å²) in [5.74, 6) is 1.26. The van der Waals surface area contributed by atoms with Gasteiger partial charge in [-0.05, 0) is 47.8 Å². The van der Waals surface area contributed by atoms with E-state index >= 15 is 0 Å². The first-order valence-electron chi connectivity index (χ1n) is 8.91. The highest BCUT2D eigenvalue weighted by Gasteiger charge is 2.16. The number of phenolic OH excluding ortho intramolecular Hbond substituents is 1. The van der Waals surface area contributed by atoms with Gasteiger partial charge in [0.2, 0.25) is 0 Å². The summed E-state index contributed by atoms with van der Waals surface area (Å²) in [6, 6.07) is 3.99. The smallest absolute Gasteiger partial charge is 0.273 e. The van der Waals surface area contributed by atoms with Gasteiger partial charge in [0.15, 0.2) is 0 Å². The highest BCUT2D eigenvalue weighted by atomic mass is 32.2. The van der Waals surface area contributed by atoms with Crippen molar-refractivity contribution in [2.24, 2.45) is 5.73 Å². The molecule has 1 aromatic carbocycles. The number of thiol groups is 1. The number of hydrogen-bond donors (Lipinski definition) is 3. The molecule has 0 heterocycles. The number of nitrogens with zero attached hydrogens (tertiary/aromatic N) is 2. The van der Waals surface area contributed by atoms with E-state index in [2.05, 4.69) is 32.2 Å². The third-order valence-electron chi connectivity index (χ3n) is 3.87. The molecule has 0 saturated heterocycles. The Bertz CT molecular complexity index is 708. The van der Waals surface area contributed by atoms with Crippen LogP contribution in [0.25, 0.3) is 0 Å². The normalized spacial score (nSPS) is 11.0. The van der Waals surface area contributed by atoms with E-state index in [1.807, 2.05) is 45.2 Å². The first kappa shape index (κ1) is 27.8. The Morgan fingerprint density at radius 1 is 1.28 bits per heavy atom. The molecular formula is C19H31N3O3S4. The van der Waals surface area contributed by atoms with Gasteiger partial charge in [0.05, 0.1) is 0 Å². The van der Waals surface area contributed by atoms with E-state index in [9.17, 15) is 5.11 Å². The molecule has 29 heavy (non-hydrogen) atoms. The van der Waals surface area contributed by atoms with Gasteiger partial charge in [0.1, 0.15) is 16.7 Å². The fourth-order valence-electron chi connectivity index (χ4n) is 2.12. The molecule has 0 aliphatic rings. The Kier molecular flexibility index (Phi) is 13.3. The Morgan fingerprint density at radius 2 is 1.83 bits per heavy atom. The van der Waals surface area contributed by atoms with E-state index in [-0.39, 0.29) is 5.92 Å². The van der Waals surface area contributed by atoms with Crippen LogP contribution in [-0.2, 0) is 17.1 Å². The Hall–Kier alpha value is -1.23. The molecule has 0 radical (unpaired) electrons. The van der Waals surface area contributed by atoms with E-state index in [1.54, 1.807) is 16.7 Å². The van der Waals surface area contributed by atoms with E-state index in [1.165, 1.54) is 0 Å². The van der Waals surface area contributed by atoms with Gasteiger partial charge in [-0.1, -0.05) is 50.5 Å². The molecular weight excluding hydrogens is 446 g/mol. The second-order valence-electron chi connectivity index (χ2n) is 6.74. The standard InChI is InChI=1S/C18H28N2O2S3.CH3NOS/c1-7-12(2)15-9-13(10-22-17(23)19(3)4)8-14(16(15)21)11-25-18(24)20(5)6;2-1(3)4/h8-9,12,21H,7,10-11H2,1-6H3;(H3,2,3,4). The lowest BCUT2D eigenvalue weighted by Gasteiger charge is -2.19. The zero-order valence-electron chi connectivity index (χ0n) is 17.8. The Labute approximate surface area is 194 Å². The van der Waals surface area contributed by atoms with E-state index < -0.39 is 5.24 Å². The van der Waals surface area contributed by atoms with Gasteiger partial charge in [-0.2, -0.15) is 0 Å². The van der Waals surface area contributed by atoms with Crippen molar-refractivity contribution in [1.29, 1.82) is 0 Å². The van der Waals surface area contributed by atoms with Gasteiger partial charge in [0.25, 0.3) is 10.4 Å². The van der Waals surface area contributed by atoms with Gasteiger partial charge >= 0.3 is 0 Å². The SMILES string of the molecule is CCC(C)c1cc(COC(=S)N(C)C)cc(CSC(=S)N(C)C)c1O.NC(=O)S. The maximum Gasteiger partial charge on any atom is 0.273 e. The second-order valence-corrected chi connectivity index (χ2v) is 9.14. The van der Waals surface area contributed by atoms with Gasteiger partial charge in [-0.3, -0.25) is 4.79 Å². The number of thiocarbonyl (C=S) groups is 2. The molecule has 0 aliphatic carbocycles. The highest BCUT2D eigenvalue weighted by molar-refractivity contribution is 8.22. The van der Waals surface area contributed by atoms with Crippen LogP contribution in [0.2, 0.25) is 0 Å². The summed E-state index contributed by atoms with van der Waals surface area (Å²) >= 11 is 15.2. The van der Waals surface area contributed by atoms with Gasteiger partial charge in [0, 0.05) is 39.5 Å². The zero-order valence-corrected chi connectivity index (χ0v) is 21.1. The molecule has 1 rings (SSSR count). The molecule has 0 aliphatic heterocycles. The van der Waals surface area contributed by atoms with Crippen molar-refractivity contribution in [3.63, 3.8) is 0 Å². The Morgan fingerprint density at radius 3 is 2.28 bits per heavy atom. The minimum Gasteiger partial charge on any atom is -0.507 e. The van der Waals surface area contributed by atoms with E-state index in [0.29, 0.717) is 23.3 Å². The lowest BCUT2D eigenvalue weighted by atomic mass is 9.93. The van der Waals surface area contributed by atoms with Gasteiger partial charge < -0.3 is 25.4 Å². The summed E-state index contributed by atoms with van der Waals surface area (Å²) in [6.07, 6.45) is 0.955. The summed E-state index contributed by atoms with van der Waals surface area (Å²) < 4.78 is 6.44. The molecule has 0 saturated carbocycles. The molecule has 164 valence electrons. The first-order valence-corrected chi connectivity index (χ1v) is 11.2. The van der Waals surface area contributed by atoms with Crippen LogP contribution in [0.15, 0.2) is 12.1 Å². The summed E-state index contributed by atoms with van der Waals surface area (Å²) in [7, 11) is 7.56. The topological polar surface area (TPSA) is 79.0 Å². The molecule has 1 aromatic rings. The van der Waals surface area contributed by atoms with Crippen LogP contribution in [0.4, 0.5) is 4.79 Å². The minimum absolute atomic E-state index is 0.269. The number of ether oxygens (including phenoxy) is 1. The monoisotopic (exact) mass is 477 g/mol. The minimum atomic E-state index is -0.639. The first-order chi connectivity index (χ1) is 13.4. The average Bonchev–Trinajstić information content (AvgIpc) is 2.64. The summed E-state index contributed by atoms with van der Waals surface area (Å²) in [6.45, 7) is 4.62. The van der Waals surface area contributed by atoms with Crippen LogP contribution in [0, 0.1) is 0 Å². The van der Waals surface area contributed by atoms with Crippen LogP contribution >= 0.6 is 48.8 Å². The number of benzene rings is 1. The van der Waals surface area contributed by atoms with Crippen molar-refractivity contribution in [2.75, 3.05) is 28.2 Å². The lowest BCUT2D eigenvalue weighted by Crippen LogP contribution is -2.22. The number of phenols is 1. The number of nitrogens with two attached hydrogens (primary N) is 1. The number of carbonyl (C=O) groups is 1. The molecule has 1 amide bonds. The third kappa shape index (κ3) is 10.9. The third-order valence-corrected chi connectivity index (χ3v) is 6.13. The summed E-state index contributed by atoms with van der Waals surface area (Å²) in [4.78, 5) is 12.7. The van der Waals surface area contributed by atoms with Crippen molar-refractivity contribution in [2.45, 2.75) is 38.5 Å². The van der Waals surface area contributed by atoms with Crippen molar-refractivity contribution < 1.29 is 14.6 Å². The van der Waals surface area contributed by atoms with Crippen LogP contribution in [-0.4, -0.2) is 57.8 Å². The molecule has 0 fully saturated rings. The molecule has 3 N–H and O–H groups in total. The maximum atomic E-state index is 10.7. The van der Waals surface area contributed by atoms with Crippen molar-refractivity contribution in [1.82, 2.24) is 9.80 Å². The zero-order chi connectivity index (χ0) is 22.7. The largest absolute Gasteiger partial charge is 0.507 e. The van der Waals surface area contributed by atoms with E-state index in [0.717, 1.165) is 27.4 Å². The van der Waals surface area contributed by atoms with Crippen molar-refractivity contribution in [3.8, 4) is 5.75 Å². The van der Waals surface area contributed by atoms with Gasteiger partial charge in [-0.15, -0.1) is 0 Å². The molecule has 10 heteroatoms.